The Morgan fingerprint density at radius 1 is 1.50 bits per heavy atom. The molecule has 8 heteroatoms. The van der Waals surface area contributed by atoms with Crippen molar-refractivity contribution in [3.05, 3.63) is 46.2 Å². The lowest BCUT2D eigenvalue weighted by Crippen LogP contribution is -2.27. The summed E-state index contributed by atoms with van der Waals surface area (Å²) in [7, 11) is -2.51. The van der Waals surface area contributed by atoms with Crippen molar-refractivity contribution < 1.29 is 17.7 Å². The Bertz CT molecular complexity index is 913. The Labute approximate surface area is 153 Å². The summed E-state index contributed by atoms with van der Waals surface area (Å²) in [6.07, 6.45) is 1.76. The van der Waals surface area contributed by atoms with Crippen LogP contribution < -0.4 is 11.1 Å². The maximum absolute atomic E-state index is 7.06. The molecule has 0 aliphatic rings. The maximum Gasteiger partial charge on any atom is 0.177 e. The number of rotatable bonds is 7. The molecule has 3 N–H and O–H groups in total. The number of ether oxygens (including phenoxy) is 1. The average Bonchev–Trinajstić information content (AvgIpc) is 3.20. The number of nitrogens with zero attached hydrogens (tertiary/aromatic N) is 1. The molecule has 0 aliphatic carbocycles. The Morgan fingerprint density at radius 2 is 2.38 bits per heavy atom. The van der Waals surface area contributed by atoms with Gasteiger partial charge >= 0.3 is 0 Å². The molecule has 3 rings (SSSR count). The highest BCUT2D eigenvalue weighted by Crippen LogP contribution is 2.36. The van der Waals surface area contributed by atoms with E-state index in [9.17, 15) is 0 Å². The highest BCUT2D eigenvalue weighted by atomic mass is 35.5. The zero-order valence-corrected chi connectivity index (χ0v) is 14.0. The van der Waals surface area contributed by atoms with Crippen LogP contribution in [0.1, 0.15) is 15.6 Å². The van der Waals surface area contributed by atoms with Crippen molar-refractivity contribution in [1.82, 2.24) is 4.98 Å². The summed E-state index contributed by atoms with van der Waals surface area (Å²) >= 11 is 12.5. The van der Waals surface area contributed by atoms with Crippen LogP contribution in [0.25, 0.3) is 11.1 Å². The largest absolute Gasteiger partial charge is 0.467 e. The monoisotopic (exact) mass is 372 g/mol. The minimum absolute atomic E-state index is 0.165. The number of fused-ring (bicyclic) bond motifs is 1. The minimum Gasteiger partial charge on any atom is -0.467 e. The van der Waals surface area contributed by atoms with Crippen molar-refractivity contribution in [3.8, 4) is 0 Å². The van der Waals surface area contributed by atoms with Crippen molar-refractivity contribution >= 4 is 40.0 Å². The lowest BCUT2D eigenvalue weighted by atomic mass is 10.2. The Kier molecular flexibility index (Phi) is 4.20. The number of hydrogen-bond acceptors (Lipinski definition) is 6. The molecule has 3 aromatic heterocycles. The van der Waals surface area contributed by atoms with Crippen molar-refractivity contribution in [1.29, 1.82) is 0 Å². The van der Waals surface area contributed by atoms with Gasteiger partial charge in [-0.3, -0.25) is 0 Å². The number of anilines is 1. The maximum atomic E-state index is 7.06. The SMILES string of the molecule is [2H]C([2H])([2H])OC[C@H](N)Cc1oc2c(NCc3ccco3)cc(Cl)nc2c1Cl. The Morgan fingerprint density at radius 3 is 3.12 bits per heavy atom. The van der Waals surface area contributed by atoms with Crippen LogP contribution in [0.4, 0.5) is 5.69 Å². The van der Waals surface area contributed by atoms with E-state index < -0.39 is 13.1 Å². The second kappa shape index (κ2) is 7.44. The van der Waals surface area contributed by atoms with Gasteiger partial charge < -0.3 is 24.6 Å². The third-order valence-corrected chi connectivity index (χ3v) is 3.98. The van der Waals surface area contributed by atoms with Gasteiger partial charge in [-0.05, 0) is 12.1 Å². The molecule has 0 aliphatic heterocycles. The summed E-state index contributed by atoms with van der Waals surface area (Å²) in [5, 5.41) is 3.69. The van der Waals surface area contributed by atoms with Gasteiger partial charge in [-0.25, -0.2) is 4.98 Å². The molecule has 0 fully saturated rings. The highest BCUT2D eigenvalue weighted by Gasteiger charge is 2.20. The van der Waals surface area contributed by atoms with Gasteiger partial charge in [-0.15, -0.1) is 0 Å². The molecule has 128 valence electrons. The molecule has 0 saturated carbocycles. The first-order chi connectivity index (χ1) is 12.7. The average molecular weight is 373 g/mol. The first-order valence-corrected chi connectivity index (χ1v) is 7.92. The number of aromatic nitrogens is 1. The molecule has 3 heterocycles. The van der Waals surface area contributed by atoms with Gasteiger partial charge in [0.25, 0.3) is 0 Å². The van der Waals surface area contributed by atoms with Crippen LogP contribution in [0.5, 0.6) is 0 Å². The summed E-state index contributed by atoms with van der Waals surface area (Å²) in [6.45, 7) is 0.254. The van der Waals surface area contributed by atoms with Crippen LogP contribution >= 0.6 is 23.2 Å². The Balaban J connectivity index is 1.81. The fourth-order valence-corrected chi connectivity index (χ4v) is 2.75. The van der Waals surface area contributed by atoms with Gasteiger partial charge in [0, 0.05) is 25.6 Å². The van der Waals surface area contributed by atoms with Gasteiger partial charge in [-0.2, -0.15) is 0 Å². The highest BCUT2D eigenvalue weighted by molar-refractivity contribution is 6.36. The standard InChI is InChI=1S/C16H17Cl2N3O3/c1-22-8-9(19)5-12-14(18)15-16(24-12)11(6-13(17)21-15)20-7-10-3-2-4-23-10/h2-4,6,9H,5,7-8,19H2,1H3,(H,20,21)/t9-/m1/s1/i1D3. The van der Waals surface area contributed by atoms with Crippen molar-refractivity contribution in [2.24, 2.45) is 5.73 Å². The molecule has 24 heavy (non-hydrogen) atoms. The van der Waals surface area contributed by atoms with Gasteiger partial charge in [0.2, 0.25) is 0 Å². The topological polar surface area (TPSA) is 86.5 Å². The molecule has 0 amide bonds. The molecule has 0 spiro atoms. The second-order valence-corrected chi connectivity index (χ2v) is 5.98. The first kappa shape index (κ1) is 13.5. The van der Waals surface area contributed by atoms with E-state index in [0.29, 0.717) is 29.1 Å². The summed E-state index contributed by atoms with van der Waals surface area (Å²) in [5.41, 5.74) is 7.34. The zero-order chi connectivity index (χ0) is 19.6. The first-order valence-electron chi connectivity index (χ1n) is 8.66. The molecular weight excluding hydrogens is 353 g/mol. The number of nitrogens with two attached hydrogens (primary N) is 1. The van der Waals surface area contributed by atoms with E-state index in [1.165, 1.54) is 0 Å². The quantitative estimate of drug-likeness (QED) is 0.612. The van der Waals surface area contributed by atoms with Crippen LogP contribution in [0.2, 0.25) is 10.2 Å². The van der Waals surface area contributed by atoms with Gasteiger partial charge in [-0.1, -0.05) is 23.2 Å². The van der Waals surface area contributed by atoms with E-state index in [1.807, 2.05) is 6.07 Å². The fourth-order valence-electron chi connectivity index (χ4n) is 2.32. The number of nitrogens with one attached hydrogen (secondary N) is 1. The van der Waals surface area contributed by atoms with E-state index in [4.69, 9.17) is 46.6 Å². The van der Waals surface area contributed by atoms with Gasteiger partial charge in [0.15, 0.2) is 5.58 Å². The predicted octanol–water partition coefficient (Wildman–Crippen LogP) is 3.86. The normalized spacial score (nSPS) is 15.0. The van der Waals surface area contributed by atoms with E-state index in [0.717, 1.165) is 5.76 Å². The molecule has 0 saturated heterocycles. The molecule has 0 aromatic carbocycles. The molecule has 6 nitrogen and oxygen atoms in total. The number of hydrogen-bond donors (Lipinski definition) is 2. The van der Waals surface area contributed by atoms with E-state index in [1.54, 1.807) is 18.4 Å². The Hall–Kier alpha value is -1.73. The van der Waals surface area contributed by atoms with Crippen molar-refractivity contribution in [3.63, 3.8) is 0 Å². The van der Waals surface area contributed by atoms with Crippen LogP contribution in [0, 0.1) is 0 Å². The zero-order valence-electron chi connectivity index (χ0n) is 15.5. The lowest BCUT2D eigenvalue weighted by Gasteiger charge is -2.08. The predicted molar refractivity (Wildman–Crippen MR) is 93.6 cm³/mol. The van der Waals surface area contributed by atoms with Crippen LogP contribution in [-0.4, -0.2) is 24.7 Å². The number of methoxy groups -OCH3 is 1. The molecule has 3 aromatic rings. The third-order valence-electron chi connectivity index (χ3n) is 3.40. The third kappa shape index (κ3) is 3.67. The summed E-state index contributed by atoms with van der Waals surface area (Å²) in [4.78, 5) is 4.21. The fraction of sp³-hybridized carbons (Fsp3) is 0.312. The van der Waals surface area contributed by atoms with Crippen LogP contribution in [-0.2, 0) is 17.7 Å². The number of furan rings is 2. The molecular formula is C16H17Cl2N3O3. The van der Waals surface area contributed by atoms with Gasteiger partial charge in [0.05, 0.1) is 29.2 Å². The van der Waals surface area contributed by atoms with E-state index in [2.05, 4.69) is 10.3 Å². The lowest BCUT2D eigenvalue weighted by molar-refractivity contribution is 0.178. The number of pyridine rings is 1. The van der Waals surface area contributed by atoms with E-state index >= 15 is 0 Å². The van der Waals surface area contributed by atoms with Crippen molar-refractivity contribution in [2.75, 3.05) is 19.0 Å². The summed E-state index contributed by atoms with van der Waals surface area (Å²) in [5.74, 6) is 1.11. The number of halogens is 2. The molecule has 0 bridgehead atoms. The van der Waals surface area contributed by atoms with E-state index in [-0.39, 0.29) is 23.2 Å². The van der Waals surface area contributed by atoms with Gasteiger partial charge in [0.1, 0.15) is 27.2 Å². The minimum atomic E-state index is -2.51. The van der Waals surface area contributed by atoms with Crippen molar-refractivity contribution in [2.45, 2.75) is 19.0 Å². The van der Waals surface area contributed by atoms with Crippen LogP contribution in [0.15, 0.2) is 33.3 Å². The smallest absolute Gasteiger partial charge is 0.177 e. The molecule has 0 radical (unpaired) electrons. The van der Waals surface area contributed by atoms with Crippen LogP contribution in [0.3, 0.4) is 0 Å². The summed E-state index contributed by atoms with van der Waals surface area (Å²) < 4.78 is 37.0. The molecule has 0 unspecified atom stereocenters. The second-order valence-electron chi connectivity index (χ2n) is 5.22. The summed E-state index contributed by atoms with van der Waals surface area (Å²) in [6, 6.07) is 4.63. The molecule has 1 atom stereocenters.